The molecule has 0 aliphatic rings. The van der Waals surface area contributed by atoms with Gasteiger partial charge in [0.2, 0.25) is 11.7 Å². The van der Waals surface area contributed by atoms with E-state index in [-0.39, 0.29) is 17.9 Å². The van der Waals surface area contributed by atoms with Crippen LogP contribution in [-0.2, 0) is 17.8 Å². The molecule has 0 atom stereocenters. The number of anilines is 1. The first-order valence-electron chi connectivity index (χ1n) is 11.1. The van der Waals surface area contributed by atoms with Crippen LogP contribution in [0.1, 0.15) is 17.8 Å². The largest absolute Gasteiger partial charge is 0.497 e. The SMILES string of the molecule is COc1ccc(NC(=O)CCc2nnc3n(Cc4ccc(Cl)cc4)c(=O)c4ccccc4n23)cc1. The summed E-state index contributed by atoms with van der Waals surface area (Å²) < 4.78 is 8.60. The molecule has 0 unspecified atom stereocenters. The molecule has 1 N–H and O–H groups in total. The number of aromatic nitrogens is 4. The second-order valence-electron chi connectivity index (χ2n) is 8.06. The number of halogens is 1. The number of carbonyl (C=O) groups is 1. The number of fused-ring (bicyclic) bond motifs is 3. The first-order valence-corrected chi connectivity index (χ1v) is 11.4. The van der Waals surface area contributed by atoms with Crippen LogP contribution in [0.15, 0.2) is 77.6 Å². The molecule has 2 aromatic heterocycles. The smallest absolute Gasteiger partial charge is 0.263 e. The molecule has 8 nitrogen and oxygen atoms in total. The van der Waals surface area contributed by atoms with Crippen molar-refractivity contribution in [1.82, 2.24) is 19.2 Å². The maximum absolute atomic E-state index is 13.3. The highest BCUT2D eigenvalue weighted by Crippen LogP contribution is 2.18. The Bertz CT molecular complexity index is 1570. The number of amides is 1. The minimum atomic E-state index is -0.153. The van der Waals surface area contributed by atoms with Crippen molar-refractivity contribution in [3.8, 4) is 5.75 Å². The molecule has 9 heteroatoms. The monoisotopic (exact) mass is 487 g/mol. The van der Waals surface area contributed by atoms with Crippen LogP contribution in [0.5, 0.6) is 5.75 Å². The van der Waals surface area contributed by atoms with Crippen molar-refractivity contribution in [3.05, 3.63) is 99.6 Å². The fourth-order valence-corrected chi connectivity index (χ4v) is 4.14. The molecule has 0 aliphatic heterocycles. The van der Waals surface area contributed by atoms with Gasteiger partial charge in [0.25, 0.3) is 5.56 Å². The van der Waals surface area contributed by atoms with Gasteiger partial charge in [-0.1, -0.05) is 35.9 Å². The summed E-state index contributed by atoms with van der Waals surface area (Å²) in [5, 5.41) is 12.7. The maximum atomic E-state index is 13.3. The third kappa shape index (κ3) is 4.61. The predicted octanol–water partition coefficient (Wildman–Crippen LogP) is 4.33. The minimum absolute atomic E-state index is 0.147. The number of rotatable bonds is 7. The van der Waals surface area contributed by atoms with E-state index >= 15 is 0 Å². The van der Waals surface area contributed by atoms with Crippen LogP contribution in [0.3, 0.4) is 0 Å². The van der Waals surface area contributed by atoms with Crippen LogP contribution in [0.2, 0.25) is 5.02 Å². The number of ether oxygens (including phenoxy) is 1. The molecule has 5 aromatic rings. The van der Waals surface area contributed by atoms with Gasteiger partial charge in [0.05, 0.1) is 24.6 Å². The lowest BCUT2D eigenvalue weighted by Gasteiger charge is -2.12. The van der Waals surface area contributed by atoms with Gasteiger partial charge in [0.15, 0.2) is 0 Å². The van der Waals surface area contributed by atoms with Crippen LogP contribution in [0, 0.1) is 0 Å². The summed E-state index contributed by atoms with van der Waals surface area (Å²) in [7, 11) is 1.59. The Balaban J connectivity index is 1.46. The van der Waals surface area contributed by atoms with Gasteiger partial charge in [0, 0.05) is 23.6 Å². The summed E-state index contributed by atoms with van der Waals surface area (Å²) in [5.41, 5.74) is 2.15. The van der Waals surface area contributed by atoms with Crippen LogP contribution >= 0.6 is 11.6 Å². The van der Waals surface area contributed by atoms with Gasteiger partial charge >= 0.3 is 0 Å². The van der Waals surface area contributed by atoms with Crippen molar-refractivity contribution in [2.75, 3.05) is 12.4 Å². The molecule has 0 aliphatic carbocycles. The van der Waals surface area contributed by atoms with E-state index in [1.54, 1.807) is 54.1 Å². The molecule has 3 aromatic carbocycles. The maximum Gasteiger partial charge on any atom is 0.263 e. The van der Waals surface area contributed by atoms with Gasteiger partial charge in [-0.15, -0.1) is 10.2 Å². The Morgan fingerprint density at radius 3 is 2.49 bits per heavy atom. The molecule has 5 rings (SSSR count). The standard InChI is InChI=1S/C26H22ClN5O3/c1-35-20-12-10-19(11-13-20)28-24(33)15-14-23-29-30-26-31(16-17-6-8-18(27)9-7-17)25(34)21-4-2-3-5-22(21)32(23)26/h2-13H,14-16H2,1H3,(H,28,33). The molecule has 0 saturated carbocycles. The first-order chi connectivity index (χ1) is 17.0. The highest BCUT2D eigenvalue weighted by atomic mass is 35.5. The van der Waals surface area contributed by atoms with Gasteiger partial charge in [-0.2, -0.15) is 0 Å². The number of benzene rings is 3. The summed E-state index contributed by atoms with van der Waals surface area (Å²) >= 11 is 6.01. The first kappa shape index (κ1) is 22.6. The average Bonchev–Trinajstić information content (AvgIpc) is 3.31. The quantitative estimate of drug-likeness (QED) is 0.369. The third-order valence-corrected chi connectivity index (χ3v) is 6.03. The number of methoxy groups -OCH3 is 1. The lowest BCUT2D eigenvalue weighted by atomic mass is 10.2. The lowest BCUT2D eigenvalue weighted by molar-refractivity contribution is -0.116. The van der Waals surface area contributed by atoms with E-state index in [1.165, 1.54) is 0 Å². The minimum Gasteiger partial charge on any atom is -0.497 e. The topological polar surface area (TPSA) is 90.5 Å². The van der Waals surface area contributed by atoms with E-state index in [4.69, 9.17) is 16.3 Å². The molecule has 1 amide bonds. The number of carbonyl (C=O) groups excluding carboxylic acids is 1. The predicted molar refractivity (Wildman–Crippen MR) is 135 cm³/mol. The molecule has 0 fully saturated rings. The number of hydrogen-bond acceptors (Lipinski definition) is 5. The van der Waals surface area contributed by atoms with E-state index in [0.29, 0.717) is 46.2 Å². The number of aryl methyl sites for hydroxylation is 1. The van der Waals surface area contributed by atoms with Crippen molar-refractivity contribution in [2.45, 2.75) is 19.4 Å². The van der Waals surface area contributed by atoms with Crippen molar-refractivity contribution in [1.29, 1.82) is 0 Å². The summed E-state index contributed by atoms with van der Waals surface area (Å²) in [5.74, 6) is 1.60. The van der Waals surface area contributed by atoms with Gasteiger partial charge in [-0.3, -0.25) is 18.6 Å². The normalized spacial score (nSPS) is 11.1. The fraction of sp³-hybridized carbons (Fsp3) is 0.154. The summed E-state index contributed by atoms with van der Waals surface area (Å²) in [6, 6.07) is 21.8. The summed E-state index contributed by atoms with van der Waals surface area (Å²) in [6.07, 6.45) is 0.559. The molecular formula is C26H22ClN5O3. The zero-order valence-corrected chi connectivity index (χ0v) is 19.7. The van der Waals surface area contributed by atoms with E-state index in [0.717, 1.165) is 11.3 Å². The zero-order chi connectivity index (χ0) is 24.4. The molecule has 2 heterocycles. The van der Waals surface area contributed by atoms with Crippen LogP contribution in [0.25, 0.3) is 16.7 Å². The Morgan fingerprint density at radius 2 is 1.74 bits per heavy atom. The van der Waals surface area contributed by atoms with Crippen LogP contribution < -0.4 is 15.6 Å². The second kappa shape index (κ2) is 9.60. The Morgan fingerprint density at radius 1 is 1.00 bits per heavy atom. The zero-order valence-electron chi connectivity index (χ0n) is 18.9. The molecule has 35 heavy (non-hydrogen) atoms. The molecule has 0 spiro atoms. The fourth-order valence-electron chi connectivity index (χ4n) is 4.01. The number of nitrogens with zero attached hydrogens (tertiary/aromatic N) is 4. The molecule has 0 radical (unpaired) electrons. The Kier molecular flexibility index (Phi) is 6.20. The molecular weight excluding hydrogens is 466 g/mol. The van der Waals surface area contributed by atoms with Crippen molar-refractivity contribution in [3.63, 3.8) is 0 Å². The number of para-hydroxylation sites is 1. The number of hydrogen-bond donors (Lipinski definition) is 1. The number of nitrogens with one attached hydrogen (secondary N) is 1. The third-order valence-electron chi connectivity index (χ3n) is 5.78. The van der Waals surface area contributed by atoms with E-state index in [2.05, 4.69) is 15.5 Å². The van der Waals surface area contributed by atoms with Crippen molar-refractivity contribution in [2.24, 2.45) is 0 Å². The molecule has 0 saturated heterocycles. The highest BCUT2D eigenvalue weighted by Gasteiger charge is 2.17. The summed E-state index contributed by atoms with van der Waals surface area (Å²) in [4.78, 5) is 25.9. The van der Waals surface area contributed by atoms with E-state index in [9.17, 15) is 9.59 Å². The van der Waals surface area contributed by atoms with E-state index in [1.807, 2.05) is 34.7 Å². The Hall–Kier alpha value is -4.17. The van der Waals surface area contributed by atoms with Crippen molar-refractivity contribution < 1.29 is 9.53 Å². The van der Waals surface area contributed by atoms with Gasteiger partial charge in [0.1, 0.15) is 11.6 Å². The van der Waals surface area contributed by atoms with Crippen molar-refractivity contribution >= 4 is 39.9 Å². The van der Waals surface area contributed by atoms with Crippen LogP contribution in [0.4, 0.5) is 5.69 Å². The van der Waals surface area contributed by atoms with Gasteiger partial charge in [-0.05, 0) is 54.1 Å². The van der Waals surface area contributed by atoms with E-state index < -0.39 is 0 Å². The second-order valence-corrected chi connectivity index (χ2v) is 8.50. The summed E-state index contributed by atoms with van der Waals surface area (Å²) in [6.45, 7) is 0.320. The van der Waals surface area contributed by atoms with Gasteiger partial charge in [-0.25, -0.2) is 0 Å². The lowest BCUT2D eigenvalue weighted by Crippen LogP contribution is -2.24. The van der Waals surface area contributed by atoms with Crippen LogP contribution in [-0.4, -0.2) is 32.2 Å². The molecule has 0 bridgehead atoms. The highest BCUT2D eigenvalue weighted by molar-refractivity contribution is 6.30. The van der Waals surface area contributed by atoms with Gasteiger partial charge < -0.3 is 10.1 Å². The average molecular weight is 488 g/mol. The Labute approximate surface area is 205 Å². The molecule has 176 valence electrons.